The minimum atomic E-state index is -0.248. The lowest BCUT2D eigenvalue weighted by Crippen LogP contribution is -1.97. The highest BCUT2D eigenvalue weighted by atomic mass is 35.5. The molecule has 86 valence electrons. The molecule has 0 bridgehead atoms. The number of nitriles is 2. The van der Waals surface area contributed by atoms with Gasteiger partial charge in [0.2, 0.25) is 5.71 Å². The largest absolute Gasteiger partial charge is 0.276 e. The molecule has 0 saturated carbocycles. The molecule has 0 atom stereocenters. The van der Waals surface area contributed by atoms with Crippen molar-refractivity contribution in [2.75, 3.05) is 5.43 Å². The number of hydrogen-bond acceptors (Lipinski definition) is 5. The number of halogens is 1. The van der Waals surface area contributed by atoms with Gasteiger partial charge >= 0.3 is 0 Å². The third kappa shape index (κ3) is 2.37. The fourth-order valence-corrected chi connectivity index (χ4v) is 1.57. The monoisotopic (exact) mass is 255 g/mol. The second-order valence-corrected chi connectivity index (χ2v) is 3.76. The highest BCUT2D eigenvalue weighted by molar-refractivity contribution is 6.31. The zero-order chi connectivity index (χ0) is 13.0. The van der Waals surface area contributed by atoms with Crippen LogP contribution >= 0.6 is 11.6 Å². The predicted molar refractivity (Wildman–Crippen MR) is 69.0 cm³/mol. The molecule has 5 nitrogen and oxygen atoms in total. The van der Waals surface area contributed by atoms with E-state index in [2.05, 4.69) is 15.5 Å². The summed E-state index contributed by atoms with van der Waals surface area (Å²) in [6.07, 6.45) is 1.55. The van der Waals surface area contributed by atoms with E-state index in [1.165, 1.54) is 0 Å². The van der Waals surface area contributed by atoms with Crippen molar-refractivity contribution in [3.05, 3.63) is 35.5 Å². The van der Waals surface area contributed by atoms with Crippen LogP contribution in [0.4, 0.5) is 5.69 Å². The molecule has 0 aliphatic heterocycles. The minimum absolute atomic E-state index is 0.248. The van der Waals surface area contributed by atoms with Crippen molar-refractivity contribution in [1.29, 1.82) is 10.5 Å². The van der Waals surface area contributed by atoms with Crippen LogP contribution in [0.2, 0.25) is 5.02 Å². The van der Waals surface area contributed by atoms with Crippen molar-refractivity contribution in [1.82, 2.24) is 4.98 Å². The third-order valence-corrected chi connectivity index (χ3v) is 2.40. The molecule has 1 aromatic heterocycles. The number of rotatable bonds is 2. The van der Waals surface area contributed by atoms with E-state index in [0.29, 0.717) is 10.7 Å². The van der Waals surface area contributed by atoms with Crippen LogP contribution in [0.3, 0.4) is 0 Å². The van der Waals surface area contributed by atoms with Gasteiger partial charge in [-0.2, -0.15) is 15.6 Å². The van der Waals surface area contributed by atoms with E-state index in [-0.39, 0.29) is 5.71 Å². The second kappa shape index (κ2) is 5.13. The maximum Gasteiger partial charge on any atom is 0.237 e. The van der Waals surface area contributed by atoms with E-state index >= 15 is 0 Å². The van der Waals surface area contributed by atoms with Crippen molar-refractivity contribution in [2.45, 2.75) is 0 Å². The molecule has 2 rings (SSSR count). The molecular weight excluding hydrogens is 250 g/mol. The van der Waals surface area contributed by atoms with E-state index in [1.807, 2.05) is 6.07 Å². The van der Waals surface area contributed by atoms with Crippen LogP contribution in [0.15, 0.2) is 35.6 Å². The molecule has 0 radical (unpaired) electrons. The van der Waals surface area contributed by atoms with E-state index in [9.17, 15) is 0 Å². The van der Waals surface area contributed by atoms with Gasteiger partial charge in [0.05, 0.1) is 16.2 Å². The smallest absolute Gasteiger partial charge is 0.237 e. The number of aromatic nitrogens is 1. The Morgan fingerprint density at radius 1 is 1.33 bits per heavy atom. The summed E-state index contributed by atoms with van der Waals surface area (Å²) in [5, 5.41) is 22.1. The SMILES string of the molecule is N#CC(C#N)=NNc1cccc2ncc(Cl)cc12. The van der Waals surface area contributed by atoms with Gasteiger partial charge < -0.3 is 0 Å². The fraction of sp³-hybridized carbons (Fsp3) is 0. The van der Waals surface area contributed by atoms with Crippen LogP contribution in [-0.4, -0.2) is 10.7 Å². The van der Waals surface area contributed by atoms with Crippen molar-refractivity contribution in [2.24, 2.45) is 5.10 Å². The summed E-state index contributed by atoms with van der Waals surface area (Å²) >= 11 is 5.88. The fourth-order valence-electron chi connectivity index (χ4n) is 1.41. The van der Waals surface area contributed by atoms with E-state index in [1.54, 1.807) is 36.5 Å². The molecule has 18 heavy (non-hydrogen) atoms. The Hall–Kier alpha value is -2.63. The highest BCUT2D eigenvalue weighted by Crippen LogP contribution is 2.24. The maximum absolute atomic E-state index is 8.58. The van der Waals surface area contributed by atoms with Gasteiger partial charge in [-0.15, -0.1) is 0 Å². The van der Waals surface area contributed by atoms with Gasteiger partial charge in [-0.1, -0.05) is 17.7 Å². The van der Waals surface area contributed by atoms with Crippen LogP contribution in [0, 0.1) is 22.7 Å². The number of benzene rings is 1. The quantitative estimate of drug-likeness (QED) is 0.660. The number of anilines is 1. The molecule has 1 aromatic carbocycles. The van der Waals surface area contributed by atoms with Crippen LogP contribution in [0.25, 0.3) is 10.9 Å². The van der Waals surface area contributed by atoms with Crippen LogP contribution in [-0.2, 0) is 0 Å². The molecule has 1 N–H and O–H groups in total. The van der Waals surface area contributed by atoms with Gasteiger partial charge in [0.1, 0.15) is 12.1 Å². The Bertz CT molecular complexity index is 692. The zero-order valence-electron chi connectivity index (χ0n) is 9.05. The predicted octanol–water partition coefficient (Wildman–Crippen LogP) is 2.70. The normalized spacial score (nSPS) is 9.28. The molecule has 2 aromatic rings. The lowest BCUT2D eigenvalue weighted by Gasteiger charge is -2.04. The van der Waals surface area contributed by atoms with E-state index in [4.69, 9.17) is 22.1 Å². The van der Waals surface area contributed by atoms with Crippen LogP contribution in [0.1, 0.15) is 0 Å². The first-order valence-corrected chi connectivity index (χ1v) is 5.30. The standard InChI is InChI=1S/C12H6ClN5/c13-8-4-10-11(16-7-8)2-1-3-12(10)18-17-9(5-14)6-15/h1-4,7,18H. The van der Waals surface area contributed by atoms with Crippen molar-refractivity contribution >= 4 is 33.9 Å². The van der Waals surface area contributed by atoms with E-state index < -0.39 is 0 Å². The van der Waals surface area contributed by atoms with Crippen molar-refractivity contribution < 1.29 is 0 Å². The number of nitrogens with one attached hydrogen (secondary N) is 1. The number of hydrazone groups is 1. The number of fused-ring (bicyclic) bond motifs is 1. The second-order valence-electron chi connectivity index (χ2n) is 3.32. The van der Waals surface area contributed by atoms with Crippen LogP contribution in [0.5, 0.6) is 0 Å². The molecule has 6 heteroatoms. The molecule has 0 aliphatic rings. The third-order valence-electron chi connectivity index (χ3n) is 2.19. The Kier molecular flexibility index (Phi) is 3.38. The number of pyridine rings is 1. The van der Waals surface area contributed by atoms with E-state index in [0.717, 1.165) is 10.9 Å². The summed E-state index contributed by atoms with van der Waals surface area (Å²) in [4.78, 5) is 4.16. The minimum Gasteiger partial charge on any atom is -0.276 e. The average molecular weight is 256 g/mol. The first kappa shape index (κ1) is 11.8. The molecule has 0 spiro atoms. The highest BCUT2D eigenvalue weighted by Gasteiger charge is 2.02. The first-order valence-electron chi connectivity index (χ1n) is 4.93. The summed E-state index contributed by atoms with van der Waals surface area (Å²) in [5.41, 5.74) is 3.79. The summed E-state index contributed by atoms with van der Waals surface area (Å²) < 4.78 is 0. The van der Waals surface area contributed by atoms with Gasteiger partial charge in [-0.25, -0.2) is 0 Å². The molecule has 0 fully saturated rings. The Balaban J connectivity index is 2.46. The Morgan fingerprint density at radius 2 is 2.11 bits per heavy atom. The van der Waals surface area contributed by atoms with Gasteiger partial charge in [-0.05, 0) is 18.2 Å². The molecule has 1 heterocycles. The molecular formula is C12H6ClN5. The number of nitrogens with zero attached hydrogens (tertiary/aromatic N) is 4. The maximum atomic E-state index is 8.58. The van der Waals surface area contributed by atoms with Crippen LogP contribution < -0.4 is 5.43 Å². The Morgan fingerprint density at radius 3 is 2.83 bits per heavy atom. The van der Waals surface area contributed by atoms with Crippen molar-refractivity contribution in [3.63, 3.8) is 0 Å². The molecule has 0 unspecified atom stereocenters. The summed E-state index contributed by atoms with van der Waals surface area (Å²) in [5.74, 6) is 0. The lowest BCUT2D eigenvalue weighted by atomic mass is 10.2. The topological polar surface area (TPSA) is 84.9 Å². The van der Waals surface area contributed by atoms with Gasteiger partial charge in [-0.3, -0.25) is 10.4 Å². The Labute approximate surface area is 108 Å². The zero-order valence-corrected chi connectivity index (χ0v) is 9.81. The van der Waals surface area contributed by atoms with Gasteiger partial charge in [0, 0.05) is 11.6 Å². The molecule has 0 amide bonds. The molecule has 0 saturated heterocycles. The summed E-state index contributed by atoms with van der Waals surface area (Å²) in [6, 6.07) is 10.4. The molecule has 0 aliphatic carbocycles. The summed E-state index contributed by atoms with van der Waals surface area (Å²) in [7, 11) is 0. The average Bonchev–Trinajstić information content (AvgIpc) is 2.40. The van der Waals surface area contributed by atoms with Gasteiger partial charge in [0.25, 0.3) is 0 Å². The van der Waals surface area contributed by atoms with Crippen molar-refractivity contribution in [3.8, 4) is 12.1 Å². The first-order chi connectivity index (χ1) is 8.74. The number of hydrogen-bond donors (Lipinski definition) is 1. The summed E-state index contributed by atoms with van der Waals surface area (Å²) in [6.45, 7) is 0. The van der Waals surface area contributed by atoms with Gasteiger partial charge in [0.15, 0.2) is 0 Å². The lowest BCUT2D eigenvalue weighted by molar-refractivity contribution is 1.34.